The van der Waals surface area contributed by atoms with Gasteiger partial charge in [-0.2, -0.15) is 0 Å². The molecule has 27 heavy (non-hydrogen) atoms. The number of hydrogen-bond acceptors (Lipinski definition) is 5. The molecule has 0 fully saturated rings. The van der Waals surface area contributed by atoms with Gasteiger partial charge in [-0.05, 0) is 44.5 Å². The minimum atomic E-state index is -0.914. The first kappa shape index (κ1) is 20.3. The van der Waals surface area contributed by atoms with Gasteiger partial charge in [-0.3, -0.25) is 4.79 Å². The van der Waals surface area contributed by atoms with Crippen molar-refractivity contribution >= 4 is 11.9 Å². The predicted molar refractivity (Wildman–Crippen MR) is 102 cm³/mol. The standard InChI is InChI=1S/C21H25NO5/c1-4-25-18-12-11-17(13-19(18)26-5-2)21(24)27-15(3)20(23)22-14-16-9-7-6-8-10-16/h6-13,15H,4-5,14H2,1-3H3,(H,22,23)/t15-/m1/s1. The Morgan fingerprint density at radius 2 is 1.63 bits per heavy atom. The van der Waals surface area contributed by atoms with Gasteiger partial charge in [0.15, 0.2) is 17.6 Å². The van der Waals surface area contributed by atoms with E-state index in [9.17, 15) is 9.59 Å². The van der Waals surface area contributed by atoms with E-state index in [0.717, 1.165) is 5.56 Å². The minimum absolute atomic E-state index is 0.296. The molecule has 2 aromatic carbocycles. The zero-order valence-electron chi connectivity index (χ0n) is 15.9. The summed E-state index contributed by atoms with van der Waals surface area (Å²) in [4.78, 5) is 24.5. The predicted octanol–water partition coefficient (Wildman–Crippen LogP) is 3.35. The monoisotopic (exact) mass is 371 g/mol. The van der Waals surface area contributed by atoms with Crippen LogP contribution in [0.25, 0.3) is 0 Å². The summed E-state index contributed by atoms with van der Waals surface area (Å²) in [5.41, 5.74) is 1.27. The van der Waals surface area contributed by atoms with Crippen LogP contribution in [-0.2, 0) is 16.1 Å². The van der Waals surface area contributed by atoms with Crippen LogP contribution in [0.4, 0.5) is 0 Å². The van der Waals surface area contributed by atoms with Crippen molar-refractivity contribution in [1.82, 2.24) is 5.32 Å². The molecule has 0 aliphatic carbocycles. The second kappa shape index (κ2) is 10.2. The number of nitrogens with one attached hydrogen (secondary N) is 1. The van der Waals surface area contributed by atoms with Crippen molar-refractivity contribution in [3.8, 4) is 11.5 Å². The largest absolute Gasteiger partial charge is 0.490 e. The summed E-state index contributed by atoms with van der Waals surface area (Å²) in [5, 5.41) is 2.75. The smallest absolute Gasteiger partial charge is 0.339 e. The first-order valence-corrected chi connectivity index (χ1v) is 8.97. The molecule has 0 heterocycles. The first-order valence-electron chi connectivity index (χ1n) is 8.97. The third-order valence-corrected chi connectivity index (χ3v) is 3.74. The minimum Gasteiger partial charge on any atom is -0.490 e. The Kier molecular flexibility index (Phi) is 7.67. The van der Waals surface area contributed by atoms with Crippen molar-refractivity contribution in [3.63, 3.8) is 0 Å². The van der Waals surface area contributed by atoms with Crippen LogP contribution < -0.4 is 14.8 Å². The van der Waals surface area contributed by atoms with E-state index in [2.05, 4.69) is 5.32 Å². The molecule has 0 saturated heterocycles. The van der Waals surface area contributed by atoms with Crippen LogP contribution in [0.15, 0.2) is 48.5 Å². The molecule has 6 heteroatoms. The van der Waals surface area contributed by atoms with Crippen molar-refractivity contribution < 1.29 is 23.8 Å². The number of carbonyl (C=O) groups is 2. The fraction of sp³-hybridized carbons (Fsp3) is 0.333. The molecule has 2 rings (SSSR count). The van der Waals surface area contributed by atoms with Gasteiger partial charge in [0.05, 0.1) is 18.8 Å². The van der Waals surface area contributed by atoms with E-state index >= 15 is 0 Å². The van der Waals surface area contributed by atoms with Gasteiger partial charge in [0, 0.05) is 6.54 Å². The molecule has 1 amide bonds. The van der Waals surface area contributed by atoms with Crippen molar-refractivity contribution in [2.24, 2.45) is 0 Å². The van der Waals surface area contributed by atoms with Gasteiger partial charge in [0.2, 0.25) is 0 Å². The molecule has 0 aliphatic rings. The lowest BCUT2D eigenvalue weighted by molar-refractivity contribution is -0.129. The Hall–Kier alpha value is -3.02. The molecule has 0 aliphatic heterocycles. The van der Waals surface area contributed by atoms with E-state index in [4.69, 9.17) is 14.2 Å². The van der Waals surface area contributed by atoms with Gasteiger partial charge in [-0.1, -0.05) is 30.3 Å². The van der Waals surface area contributed by atoms with Crippen LogP contribution in [0.5, 0.6) is 11.5 Å². The third-order valence-electron chi connectivity index (χ3n) is 3.74. The lowest BCUT2D eigenvalue weighted by Gasteiger charge is -2.15. The Balaban J connectivity index is 1.96. The van der Waals surface area contributed by atoms with E-state index < -0.39 is 12.1 Å². The molecule has 144 valence electrons. The second-order valence-corrected chi connectivity index (χ2v) is 5.78. The fourth-order valence-electron chi connectivity index (χ4n) is 2.39. The highest BCUT2D eigenvalue weighted by atomic mass is 16.5. The van der Waals surface area contributed by atoms with Gasteiger partial charge >= 0.3 is 5.97 Å². The normalized spacial score (nSPS) is 11.4. The van der Waals surface area contributed by atoms with Gasteiger partial charge in [-0.15, -0.1) is 0 Å². The number of carbonyl (C=O) groups excluding carboxylic acids is 2. The Morgan fingerprint density at radius 3 is 2.30 bits per heavy atom. The highest BCUT2D eigenvalue weighted by Gasteiger charge is 2.20. The average molecular weight is 371 g/mol. The van der Waals surface area contributed by atoms with Gasteiger partial charge in [0.25, 0.3) is 5.91 Å². The Morgan fingerprint density at radius 1 is 0.963 bits per heavy atom. The van der Waals surface area contributed by atoms with Crippen LogP contribution in [0.1, 0.15) is 36.7 Å². The molecule has 0 spiro atoms. The lowest BCUT2D eigenvalue weighted by Crippen LogP contribution is -2.35. The van der Waals surface area contributed by atoms with Gasteiger partial charge in [-0.25, -0.2) is 4.79 Å². The topological polar surface area (TPSA) is 73.9 Å². The molecule has 0 saturated carbocycles. The quantitative estimate of drug-likeness (QED) is 0.685. The zero-order chi connectivity index (χ0) is 19.6. The van der Waals surface area contributed by atoms with E-state index in [0.29, 0.717) is 36.8 Å². The highest BCUT2D eigenvalue weighted by Crippen LogP contribution is 2.29. The molecular formula is C21H25NO5. The number of hydrogen-bond donors (Lipinski definition) is 1. The lowest BCUT2D eigenvalue weighted by atomic mass is 10.2. The summed E-state index contributed by atoms with van der Waals surface area (Å²) in [6.45, 7) is 6.56. The number of esters is 1. The maximum atomic E-state index is 12.4. The van der Waals surface area contributed by atoms with Crippen molar-refractivity contribution in [3.05, 3.63) is 59.7 Å². The SMILES string of the molecule is CCOc1ccc(C(=O)O[C@H](C)C(=O)NCc2ccccc2)cc1OCC. The number of benzene rings is 2. The van der Waals surface area contributed by atoms with Crippen LogP contribution in [0.3, 0.4) is 0 Å². The molecule has 1 N–H and O–H groups in total. The summed E-state index contributed by atoms with van der Waals surface area (Å²) in [6, 6.07) is 14.3. The average Bonchev–Trinajstić information content (AvgIpc) is 2.68. The summed E-state index contributed by atoms with van der Waals surface area (Å²) < 4.78 is 16.3. The summed E-state index contributed by atoms with van der Waals surface area (Å²) in [6.07, 6.45) is -0.914. The summed E-state index contributed by atoms with van der Waals surface area (Å²) >= 11 is 0. The molecular weight excluding hydrogens is 346 g/mol. The number of amides is 1. The Labute approximate surface area is 159 Å². The molecule has 0 bridgehead atoms. The zero-order valence-corrected chi connectivity index (χ0v) is 15.9. The molecule has 0 aromatic heterocycles. The third kappa shape index (κ3) is 6.02. The van der Waals surface area contributed by atoms with Crippen LogP contribution in [-0.4, -0.2) is 31.2 Å². The fourth-order valence-corrected chi connectivity index (χ4v) is 2.39. The van der Waals surface area contributed by atoms with Crippen LogP contribution in [0.2, 0.25) is 0 Å². The highest BCUT2D eigenvalue weighted by molar-refractivity contribution is 5.92. The van der Waals surface area contributed by atoms with Crippen LogP contribution in [0, 0.1) is 0 Å². The molecule has 1 atom stereocenters. The molecule has 0 unspecified atom stereocenters. The second-order valence-electron chi connectivity index (χ2n) is 5.78. The molecule has 6 nitrogen and oxygen atoms in total. The van der Waals surface area contributed by atoms with Gasteiger partial charge in [0.1, 0.15) is 0 Å². The maximum Gasteiger partial charge on any atom is 0.339 e. The van der Waals surface area contributed by atoms with Crippen molar-refractivity contribution in [1.29, 1.82) is 0 Å². The van der Waals surface area contributed by atoms with E-state index in [1.165, 1.54) is 6.92 Å². The number of ether oxygens (including phenoxy) is 3. The first-order chi connectivity index (χ1) is 13.0. The molecule has 2 aromatic rings. The summed E-state index contributed by atoms with van der Waals surface area (Å²) in [7, 11) is 0. The van der Waals surface area contributed by atoms with E-state index in [1.807, 2.05) is 44.2 Å². The van der Waals surface area contributed by atoms with Crippen LogP contribution >= 0.6 is 0 Å². The maximum absolute atomic E-state index is 12.4. The van der Waals surface area contributed by atoms with E-state index in [-0.39, 0.29) is 5.91 Å². The van der Waals surface area contributed by atoms with Gasteiger partial charge < -0.3 is 19.5 Å². The Bertz CT molecular complexity index is 760. The van der Waals surface area contributed by atoms with E-state index in [1.54, 1.807) is 18.2 Å². The summed E-state index contributed by atoms with van der Waals surface area (Å²) in [5.74, 6) is 0.0732. The molecule has 0 radical (unpaired) electrons. The number of rotatable bonds is 9. The van der Waals surface area contributed by atoms with Crippen molar-refractivity contribution in [2.45, 2.75) is 33.4 Å². The van der Waals surface area contributed by atoms with Crippen molar-refractivity contribution in [2.75, 3.05) is 13.2 Å².